The summed E-state index contributed by atoms with van der Waals surface area (Å²) in [7, 11) is 0. The zero-order valence-electron chi connectivity index (χ0n) is 54.5. The Morgan fingerprint density at radius 3 is 0.793 bits per heavy atom. The lowest BCUT2D eigenvalue weighted by atomic mass is 10.0. The van der Waals surface area contributed by atoms with Gasteiger partial charge in [0.05, 0.1) is 0 Å². The SMILES string of the molecule is CC/C=C\C/C=C\C/C=C\C/C=C\C/C=C\CCCC(=O)OC(COC(=O)CCCCCCC/C=C\CCCCCCCCC)COC(=O)CCCCCCCCCCCCCCCCCCCCC/C=C\CCCCCCCCCC. The zero-order chi connectivity index (χ0) is 59.2. The van der Waals surface area contributed by atoms with Crippen molar-refractivity contribution in [3.63, 3.8) is 0 Å². The molecule has 0 aliphatic carbocycles. The summed E-state index contributed by atoms with van der Waals surface area (Å²) in [6.07, 6.45) is 93.5. The first-order valence-electron chi connectivity index (χ1n) is 35.6. The second-order valence-electron chi connectivity index (χ2n) is 23.8. The van der Waals surface area contributed by atoms with Crippen molar-refractivity contribution in [2.24, 2.45) is 0 Å². The highest BCUT2D eigenvalue weighted by Crippen LogP contribution is 2.17. The van der Waals surface area contributed by atoms with Crippen LogP contribution < -0.4 is 0 Å². The molecule has 1 atom stereocenters. The van der Waals surface area contributed by atoms with Gasteiger partial charge in [0.15, 0.2) is 6.10 Å². The van der Waals surface area contributed by atoms with Crippen molar-refractivity contribution in [1.82, 2.24) is 0 Å². The molecule has 0 rings (SSSR count). The molecule has 1 unspecified atom stereocenters. The van der Waals surface area contributed by atoms with E-state index in [1.165, 1.54) is 231 Å². The van der Waals surface area contributed by atoms with Gasteiger partial charge in [0, 0.05) is 19.3 Å². The molecular formula is C76H134O6. The molecule has 6 nitrogen and oxygen atoms in total. The predicted molar refractivity (Wildman–Crippen MR) is 358 cm³/mol. The Labute approximate surface area is 509 Å². The van der Waals surface area contributed by atoms with E-state index in [1.54, 1.807) is 0 Å². The molecule has 6 heteroatoms. The van der Waals surface area contributed by atoms with Crippen LogP contribution in [0.1, 0.15) is 361 Å². The molecule has 0 fully saturated rings. The van der Waals surface area contributed by atoms with Crippen LogP contribution in [0.25, 0.3) is 0 Å². The minimum Gasteiger partial charge on any atom is -0.462 e. The lowest BCUT2D eigenvalue weighted by Crippen LogP contribution is -2.30. The highest BCUT2D eigenvalue weighted by molar-refractivity contribution is 5.71. The summed E-state index contributed by atoms with van der Waals surface area (Å²) < 4.78 is 16.9. The van der Waals surface area contributed by atoms with Crippen LogP contribution in [0.3, 0.4) is 0 Å². The van der Waals surface area contributed by atoms with Gasteiger partial charge in [0.2, 0.25) is 0 Å². The first-order chi connectivity index (χ1) is 40.5. The fraction of sp³-hybridized carbons (Fsp3) is 0.776. The molecule has 0 N–H and O–H groups in total. The molecule has 0 spiro atoms. The van der Waals surface area contributed by atoms with E-state index >= 15 is 0 Å². The van der Waals surface area contributed by atoms with Crippen LogP contribution in [0, 0.1) is 0 Å². The number of carbonyl (C=O) groups is 3. The second-order valence-corrected chi connectivity index (χ2v) is 23.8. The molecule has 0 aromatic heterocycles. The minimum atomic E-state index is -0.810. The number of hydrogen-bond donors (Lipinski definition) is 0. The summed E-state index contributed by atoms with van der Waals surface area (Å²) in [4.78, 5) is 38.4. The Bertz CT molecular complexity index is 1550. The van der Waals surface area contributed by atoms with Crippen molar-refractivity contribution in [3.05, 3.63) is 85.1 Å². The van der Waals surface area contributed by atoms with Crippen molar-refractivity contribution >= 4 is 17.9 Å². The van der Waals surface area contributed by atoms with E-state index in [-0.39, 0.29) is 37.5 Å². The summed E-state index contributed by atoms with van der Waals surface area (Å²) in [6.45, 7) is 6.51. The number of rotatable bonds is 65. The molecule has 0 aliphatic heterocycles. The Morgan fingerprint density at radius 1 is 0.256 bits per heavy atom. The molecule has 0 aliphatic rings. The Kier molecular flexibility index (Phi) is 67.2. The predicted octanol–water partition coefficient (Wildman–Crippen LogP) is 24.6. The Hall–Kier alpha value is -3.41. The van der Waals surface area contributed by atoms with E-state index < -0.39 is 6.10 Å². The van der Waals surface area contributed by atoms with Gasteiger partial charge >= 0.3 is 17.9 Å². The van der Waals surface area contributed by atoms with Gasteiger partial charge in [0.1, 0.15) is 13.2 Å². The molecular weight excluding hydrogens is 1010 g/mol. The van der Waals surface area contributed by atoms with E-state index in [9.17, 15) is 14.4 Å². The monoisotopic (exact) mass is 1140 g/mol. The summed E-state index contributed by atoms with van der Waals surface area (Å²) in [5.74, 6) is -0.950. The second kappa shape index (κ2) is 70.1. The maximum atomic E-state index is 12.9. The lowest BCUT2D eigenvalue weighted by molar-refractivity contribution is -0.167. The lowest BCUT2D eigenvalue weighted by Gasteiger charge is -2.18. The van der Waals surface area contributed by atoms with Crippen molar-refractivity contribution in [1.29, 1.82) is 0 Å². The molecule has 82 heavy (non-hydrogen) atoms. The van der Waals surface area contributed by atoms with Crippen LogP contribution in [0.2, 0.25) is 0 Å². The van der Waals surface area contributed by atoms with E-state index in [0.29, 0.717) is 19.3 Å². The van der Waals surface area contributed by atoms with Crippen molar-refractivity contribution < 1.29 is 28.6 Å². The molecule has 0 saturated heterocycles. The third-order valence-corrected chi connectivity index (χ3v) is 15.6. The number of carbonyl (C=O) groups excluding carboxylic acids is 3. The van der Waals surface area contributed by atoms with Gasteiger partial charge in [-0.2, -0.15) is 0 Å². The van der Waals surface area contributed by atoms with Crippen LogP contribution in [-0.4, -0.2) is 37.2 Å². The van der Waals surface area contributed by atoms with Crippen LogP contribution in [-0.2, 0) is 28.6 Å². The Balaban J connectivity index is 4.26. The number of unbranched alkanes of at least 4 members (excludes halogenated alkanes) is 40. The number of allylic oxidation sites excluding steroid dienone is 14. The van der Waals surface area contributed by atoms with Crippen LogP contribution >= 0.6 is 0 Å². The molecule has 0 radical (unpaired) electrons. The third-order valence-electron chi connectivity index (χ3n) is 15.6. The Morgan fingerprint density at radius 2 is 0.488 bits per heavy atom. The number of ether oxygens (including phenoxy) is 3. The van der Waals surface area contributed by atoms with Crippen molar-refractivity contribution in [2.75, 3.05) is 13.2 Å². The van der Waals surface area contributed by atoms with Gasteiger partial charge in [-0.25, -0.2) is 0 Å². The molecule has 0 saturated carbocycles. The summed E-state index contributed by atoms with van der Waals surface area (Å²) >= 11 is 0. The molecule has 0 amide bonds. The van der Waals surface area contributed by atoms with Gasteiger partial charge in [-0.1, -0.05) is 318 Å². The molecule has 0 bridgehead atoms. The van der Waals surface area contributed by atoms with Crippen molar-refractivity contribution in [3.8, 4) is 0 Å². The average molecular weight is 1140 g/mol. The van der Waals surface area contributed by atoms with Gasteiger partial charge in [-0.3, -0.25) is 14.4 Å². The van der Waals surface area contributed by atoms with Gasteiger partial charge in [0.25, 0.3) is 0 Å². The normalized spacial score (nSPS) is 12.6. The maximum absolute atomic E-state index is 12.9. The first kappa shape index (κ1) is 78.6. The minimum absolute atomic E-state index is 0.0990. The molecule has 0 aromatic rings. The van der Waals surface area contributed by atoms with Crippen LogP contribution in [0.4, 0.5) is 0 Å². The van der Waals surface area contributed by atoms with E-state index in [4.69, 9.17) is 14.2 Å². The summed E-state index contributed by atoms with van der Waals surface area (Å²) in [5, 5.41) is 0. The number of esters is 3. The first-order valence-corrected chi connectivity index (χ1v) is 35.6. The fourth-order valence-electron chi connectivity index (χ4n) is 10.3. The summed E-state index contributed by atoms with van der Waals surface area (Å²) in [5.41, 5.74) is 0. The highest BCUT2D eigenvalue weighted by Gasteiger charge is 2.19. The maximum Gasteiger partial charge on any atom is 0.306 e. The third kappa shape index (κ3) is 67.4. The van der Waals surface area contributed by atoms with Gasteiger partial charge in [-0.15, -0.1) is 0 Å². The van der Waals surface area contributed by atoms with E-state index in [0.717, 1.165) is 83.5 Å². The molecule has 0 heterocycles. The fourth-order valence-corrected chi connectivity index (χ4v) is 10.3. The van der Waals surface area contributed by atoms with Gasteiger partial charge < -0.3 is 14.2 Å². The van der Waals surface area contributed by atoms with Crippen LogP contribution in [0.15, 0.2) is 85.1 Å². The average Bonchev–Trinajstić information content (AvgIpc) is 3.47. The van der Waals surface area contributed by atoms with Crippen LogP contribution in [0.5, 0.6) is 0 Å². The summed E-state index contributed by atoms with van der Waals surface area (Å²) in [6, 6.07) is 0. The standard InChI is InChI=1S/C76H134O6/c1-4-7-10-13-16-19-22-25-28-31-32-33-34-35-36-37-38-39-40-41-42-43-44-46-48-51-54-57-60-63-66-69-75(78)81-72-73(71-80-74(77)68-65-62-59-56-53-50-47-30-27-24-21-18-15-12-9-6-3)82-76(79)70-67-64-61-58-55-52-49-45-29-26-23-20-17-14-11-8-5-2/h8,11,17,20,26,29-32,47,49,52,58,61,73H,4-7,9-10,12-16,18-19,21-25,27-28,33-46,48,50-51,53-57,59-60,62-72H2,1-3H3/b11-8-,20-17-,29-26-,32-31-,47-30-,52-49-,61-58-. The molecule has 474 valence electrons. The number of hydrogen-bond acceptors (Lipinski definition) is 6. The van der Waals surface area contributed by atoms with E-state index in [1.807, 2.05) is 0 Å². The van der Waals surface area contributed by atoms with Crippen molar-refractivity contribution in [2.45, 2.75) is 367 Å². The molecule has 0 aromatic carbocycles. The van der Waals surface area contributed by atoms with Gasteiger partial charge in [-0.05, 0) is 109 Å². The highest BCUT2D eigenvalue weighted by atomic mass is 16.6. The zero-order valence-corrected chi connectivity index (χ0v) is 54.5. The van der Waals surface area contributed by atoms with E-state index in [2.05, 4.69) is 106 Å². The largest absolute Gasteiger partial charge is 0.462 e. The quantitative estimate of drug-likeness (QED) is 0.0261. The topological polar surface area (TPSA) is 78.9 Å². The smallest absolute Gasteiger partial charge is 0.306 e.